The summed E-state index contributed by atoms with van der Waals surface area (Å²) in [7, 11) is 3.53. The molecule has 1 aromatic carbocycles. The lowest BCUT2D eigenvalue weighted by Crippen LogP contribution is -2.29. The van der Waals surface area contributed by atoms with Gasteiger partial charge >= 0.3 is 5.97 Å². The number of halogens is 1. The lowest BCUT2D eigenvalue weighted by Gasteiger charge is -2.26. The van der Waals surface area contributed by atoms with E-state index in [0.29, 0.717) is 17.5 Å². The van der Waals surface area contributed by atoms with Crippen LogP contribution in [0, 0.1) is 5.92 Å². The summed E-state index contributed by atoms with van der Waals surface area (Å²) in [5.74, 6) is 0.386. The largest absolute Gasteiger partial charge is 0.465 e. The molecule has 1 unspecified atom stereocenters. The molecular formula is C16H24BrNO2. The van der Waals surface area contributed by atoms with Gasteiger partial charge in [0.2, 0.25) is 0 Å². The molecule has 0 aliphatic heterocycles. The molecular weight excluding hydrogens is 318 g/mol. The average Bonchev–Trinajstić information content (AvgIpc) is 2.39. The number of rotatable bonds is 6. The van der Waals surface area contributed by atoms with E-state index in [-0.39, 0.29) is 5.97 Å². The standard InChI is InChI=1S/C16H24BrNO2/c1-11(2)8-12(3)18(4)10-14-7-6-13(9-15(14)17)16(19)20-5/h6-7,9,11-12H,8,10H2,1-5H3. The lowest BCUT2D eigenvalue weighted by atomic mass is 10.0. The fourth-order valence-electron chi connectivity index (χ4n) is 2.21. The van der Waals surface area contributed by atoms with Crippen LogP contribution in [0.5, 0.6) is 0 Å². The van der Waals surface area contributed by atoms with Crippen LogP contribution in [0.3, 0.4) is 0 Å². The van der Waals surface area contributed by atoms with Crippen LogP contribution in [-0.2, 0) is 11.3 Å². The van der Waals surface area contributed by atoms with E-state index < -0.39 is 0 Å². The zero-order chi connectivity index (χ0) is 15.3. The van der Waals surface area contributed by atoms with Crippen LogP contribution < -0.4 is 0 Å². The summed E-state index contributed by atoms with van der Waals surface area (Å²) in [6.07, 6.45) is 1.17. The van der Waals surface area contributed by atoms with Crippen molar-refractivity contribution < 1.29 is 9.53 Å². The fraction of sp³-hybridized carbons (Fsp3) is 0.562. The minimum atomic E-state index is -0.307. The highest BCUT2D eigenvalue weighted by Gasteiger charge is 2.14. The molecule has 0 bridgehead atoms. The van der Waals surface area contributed by atoms with Gasteiger partial charge in [-0.2, -0.15) is 0 Å². The molecule has 0 aliphatic carbocycles. The first-order valence-electron chi connectivity index (χ1n) is 6.92. The van der Waals surface area contributed by atoms with E-state index in [1.165, 1.54) is 19.1 Å². The Balaban J connectivity index is 2.75. The highest BCUT2D eigenvalue weighted by molar-refractivity contribution is 9.10. The van der Waals surface area contributed by atoms with E-state index in [0.717, 1.165) is 11.0 Å². The Bertz CT molecular complexity index is 460. The highest BCUT2D eigenvalue weighted by atomic mass is 79.9. The number of hydrogen-bond acceptors (Lipinski definition) is 3. The molecule has 0 fully saturated rings. The molecule has 0 amide bonds. The fourth-order valence-corrected chi connectivity index (χ4v) is 2.71. The summed E-state index contributed by atoms with van der Waals surface area (Å²) in [6, 6.07) is 6.14. The van der Waals surface area contributed by atoms with Crippen molar-refractivity contribution in [2.24, 2.45) is 5.92 Å². The Morgan fingerprint density at radius 1 is 1.35 bits per heavy atom. The summed E-state index contributed by atoms with van der Waals surface area (Å²) in [5.41, 5.74) is 1.75. The van der Waals surface area contributed by atoms with Gasteiger partial charge in [0.1, 0.15) is 0 Å². The lowest BCUT2D eigenvalue weighted by molar-refractivity contribution is 0.0600. The van der Waals surface area contributed by atoms with Gasteiger partial charge in [-0.1, -0.05) is 35.8 Å². The van der Waals surface area contributed by atoms with Gasteiger partial charge in [-0.3, -0.25) is 4.90 Å². The van der Waals surface area contributed by atoms with Crippen molar-refractivity contribution in [3.63, 3.8) is 0 Å². The van der Waals surface area contributed by atoms with Crippen LogP contribution in [0.4, 0.5) is 0 Å². The minimum absolute atomic E-state index is 0.307. The van der Waals surface area contributed by atoms with E-state index in [2.05, 4.69) is 48.6 Å². The van der Waals surface area contributed by atoms with Gasteiger partial charge in [0, 0.05) is 17.1 Å². The van der Waals surface area contributed by atoms with Gasteiger partial charge in [-0.15, -0.1) is 0 Å². The van der Waals surface area contributed by atoms with E-state index in [1.807, 2.05) is 18.2 Å². The van der Waals surface area contributed by atoms with Crippen molar-refractivity contribution in [1.82, 2.24) is 4.90 Å². The molecule has 1 rings (SSSR count). The molecule has 112 valence electrons. The number of methoxy groups -OCH3 is 1. The molecule has 0 saturated carbocycles. The number of carbonyl (C=O) groups is 1. The first kappa shape index (κ1) is 17.2. The van der Waals surface area contributed by atoms with Crippen molar-refractivity contribution in [2.75, 3.05) is 14.2 Å². The molecule has 0 radical (unpaired) electrons. The molecule has 20 heavy (non-hydrogen) atoms. The predicted octanol–water partition coefficient (Wildman–Crippen LogP) is 4.10. The Morgan fingerprint density at radius 2 is 2.00 bits per heavy atom. The summed E-state index contributed by atoms with van der Waals surface area (Å²) < 4.78 is 5.67. The van der Waals surface area contributed by atoms with E-state index >= 15 is 0 Å². The van der Waals surface area contributed by atoms with Crippen molar-refractivity contribution >= 4 is 21.9 Å². The molecule has 0 saturated heterocycles. The second-order valence-electron chi connectivity index (χ2n) is 5.69. The molecule has 0 N–H and O–H groups in total. The summed E-state index contributed by atoms with van der Waals surface area (Å²) in [6.45, 7) is 7.59. The topological polar surface area (TPSA) is 29.5 Å². The molecule has 0 aliphatic rings. The zero-order valence-electron chi connectivity index (χ0n) is 12.9. The summed E-state index contributed by atoms with van der Waals surface area (Å²) in [4.78, 5) is 13.8. The zero-order valence-corrected chi connectivity index (χ0v) is 14.5. The van der Waals surface area contributed by atoms with Crippen molar-refractivity contribution in [2.45, 2.75) is 39.8 Å². The van der Waals surface area contributed by atoms with Gasteiger partial charge < -0.3 is 4.74 Å². The van der Waals surface area contributed by atoms with E-state index in [1.54, 1.807) is 0 Å². The maximum Gasteiger partial charge on any atom is 0.337 e. The number of esters is 1. The smallest absolute Gasteiger partial charge is 0.337 e. The first-order valence-corrected chi connectivity index (χ1v) is 7.71. The normalized spacial score (nSPS) is 12.8. The van der Waals surface area contributed by atoms with Crippen LogP contribution in [0.25, 0.3) is 0 Å². The third-order valence-electron chi connectivity index (χ3n) is 3.46. The van der Waals surface area contributed by atoms with Gasteiger partial charge in [0.05, 0.1) is 12.7 Å². The maximum atomic E-state index is 11.5. The molecule has 0 spiro atoms. The van der Waals surface area contributed by atoms with Crippen LogP contribution in [0.1, 0.15) is 43.1 Å². The molecule has 4 heteroatoms. The molecule has 1 atom stereocenters. The number of benzene rings is 1. The van der Waals surface area contributed by atoms with Gasteiger partial charge in [-0.05, 0) is 44.0 Å². The van der Waals surface area contributed by atoms with E-state index in [4.69, 9.17) is 4.74 Å². The number of ether oxygens (including phenoxy) is 1. The van der Waals surface area contributed by atoms with Crippen molar-refractivity contribution in [3.8, 4) is 0 Å². The summed E-state index contributed by atoms with van der Waals surface area (Å²) >= 11 is 3.54. The SMILES string of the molecule is COC(=O)c1ccc(CN(C)C(C)CC(C)C)c(Br)c1. The number of nitrogens with zero attached hydrogens (tertiary/aromatic N) is 1. The van der Waals surface area contributed by atoms with Gasteiger partial charge in [0.15, 0.2) is 0 Å². The third-order valence-corrected chi connectivity index (χ3v) is 4.20. The monoisotopic (exact) mass is 341 g/mol. The van der Waals surface area contributed by atoms with Crippen LogP contribution >= 0.6 is 15.9 Å². The Hall–Kier alpha value is -0.870. The van der Waals surface area contributed by atoms with Gasteiger partial charge in [-0.25, -0.2) is 4.79 Å². The second kappa shape index (κ2) is 7.79. The first-order chi connectivity index (χ1) is 9.35. The summed E-state index contributed by atoms with van der Waals surface area (Å²) in [5, 5.41) is 0. The Kier molecular flexibility index (Phi) is 6.69. The van der Waals surface area contributed by atoms with Crippen molar-refractivity contribution in [3.05, 3.63) is 33.8 Å². The maximum absolute atomic E-state index is 11.5. The quantitative estimate of drug-likeness (QED) is 0.729. The van der Waals surface area contributed by atoms with E-state index in [9.17, 15) is 4.79 Å². The molecule has 1 aromatic rings. The number of hydrogen-bond donors (Lipinski definition) is 0. The van der Waals surface area contributed by atoms with Crippen molar-refractivity contribution in [1.29, 1.82) is 0 Å². The molecule has 3 nitrogen and oxygen atoms in total. The predicted molar refractivity (Wildman–Crippen MR) is 85.9 cm³/mol. The minimum Gasteiger partial charge on any atom is -0.465 e. The number of carbonyl (C=O) groups excluding carboxylic acids is 1. The second-order valence-corrected chi connectivity index (χ2v) is 6.55. The highest BCUT2D eigenvalue weighted by Crippen LogP contribution is 2.22. The molecule has 0 aromatic heterocycles. The average molecular weight is 342 g/mol. The molecule has 0 heterocycles. The van der Waals surface area contributed by atoms with Gasteiger partial charge in [0.25, 0.3) is 0 Å². The van der Waals surface area contributed by atoms with Crippen LogP contribution in [0.2, 0.25) is 0 Å². The Labute approximate surface area is 130 Å². The van der Waals surface area contributed by atoms with Crippen LogP contribution in [0.15, 0.2) is 22.7 Å². The third kappa shape index (κ3) is 4.91. The van der Waals surface area contributed by atoms with Crippen LogP contribution in [-0.4, -0.2) is 31.1 Å². The Morgan fingerprint density at radius 3 is 2.50 bits per heavy atom.